The molecule has 6 heteroatoms. The number of benzene rings is 2. The van der Waals surface area contributed by atoms with Gasteiger partial charge in [-0.3, -0.25) is 4.31 Å². The number of methoxy groups -OCH3 is 1. The molecule has 0 spiro atoms. The Morgan fingerprint density at radius 1 is 1.17 bits per heavy atom. The second-order valence-corrected chi connectivity index (χ2v) is 8.92. The summed E-state index contributed by atoms with van der Waals surface area (Å²) >= 11 is 0. The lowest BCUT2D eigenvalue weighted by Crippen LogP contribution is -2.26. The van der Waals surface area contributed by atoms with Crippen LogP contribution in [0.5, 0.6) is 11.5 Å². The number of nitrogens with zero attached hydrogens (tertiary/aromatic N) is 1. The van der Waals surface area contributed by atoms with E-state index in [1.165, 1.54) is 5.57 Å². The molecule has 2 atom stereocenters. The molecule has 1 aliphatic heterocycles. The second kappa shape index (κ2) is 9.60. The molecular weight excluding hydrogens is 396 g/mol. The third-order valence-corrected chi connectivity index (χ3v) is 6.90. The quantitative estimate of drug-likeness (QED) is 0.654. The van der Waals surface area contributed by atoms with Crippen LogP contribution >= 0.6 is 0 Å². The summed E-state index contributed by atoms with van der Waals surface area (Å²) in [6.07, 6.45) is 7.17. The van der Waals surface area contributed by atoms with Crippen LogP contribution in [0.3, 0.4) is 0 Å². The van der Waals surface area contributed by atoms with E-state index in [9.17, 15) is 4.21 Å². The summed E-state index contributed by atoms with van der Waals surface area (Å²) < 4.78 is 26.6. The fourth-order valence-electron chi connectivity index (χ4n) is 3.96. The predicted octanol–water partition coefficient (Wildman–Crippen LogP) is 4.72. The van der Waals surface area contributed by atoms with Gasteiger partial charge in [0.25, 0.3) is 0 Å². The molecule has 0 radical (unpaired) electrons. The van der Waals surface area contributed by atoms with E-state index in [2.05, 4.69) is 17.5 Å². The minimum atomic E-state index is -1.30. The van der Waals surface area contributed by atoms with Crippen molar-refractivity contribution in [2.75, 3.05) is 27.3 Å². The van der Waals surface area contributed by atoms with Crippen LogP contribution < -0.4 is 10.1 Å². The summed E-state index contributed by atoms with van der Waals surface area (Å²) in [4.78, 5) is 0.790. The molecule has 0 amide bonds. The largest absolute Gasteiger partial charge is 0.457 e. The lowest BCUT2D eigenvalue weighted by atomic mass is 9.92. The van der Waals surface area contributed by atoms with Crippen molar-refractivity contribution in [2.24, 2.45) is 0 Å². The Bertz CT molecular complexity index is 972. The number of para-hydroxylation sites is 1. The summed E-state index contributed by atoms with van der Waals surface area (Å²) in [6, 6.07) is 15.6. The Hall–Kier alpha value is -2.41. The predicted molar refractivity (Wildman–Crippen MR) is 120 cm³/mol. The first kappa shape index (κ1) is 20.8. The Morgan fingerprint density at radius 2 is 2.00 bits per heavy atom. The van der Waals surface area contributed by atoms with Crippen LogP contribution in [-0.2, 0) is 15.7 Å². The second-order valence-electron chi connectivity index (χ2n) is 7.44. The molecule has 0 saturated heterocycles. The summed E-state index contributed by atoms with van der Waals surface area (Å²) in [5.74, 6) is 1.45. The first-order valence-electron chi connectivity index (χ1n) is 10.3. The van der Waals surface area contributed by atoms with E-state index in [1.807, 2.05) is 59.9 Å². The molecule has 30 heavy (non-hydrogen) atoms. The first-order valence-corrected chi connectivity index (χ1v) is 11.4. The number of nitrogens with one attached hydrogen (secondary N) is 1. The Kier molecular flexibility index (Phi) is 6.67. The van der Waals surface area contributed by atoms with Gasteiger partial charge in [0.1, 0.15) is 11.5 Å². The summed E-state index contributed by atoms with van der Waals surface area (Å²) in [7, 11) is 2.35. The molecule has 5 nitrogen and oxygen atoms in total. The molecule has 2 aromatic rings. The number of hydrogen-bond donors (Lipinski definition) is 1. The van der Waals surface area contributed by atoms with Crippen molar-refractivity contribution in [1.82, 2.24) is 9.62 Å². The van der Waals surface area contributed by atoms with E-state index >= 15 is 0 Å². The summed E-state index contributed by atoms with van der Waals surface area (Å²) in [5.41, 5.74) is 3.38. The third kappa shape index (κ3) is 4.36. The number of hydrogen-bond acceptors (Lipinski definition) is 4. The molecule has 2 aliphatic rings. The molecule has 1 N–H and O–H groups in total. The summed E-state index contributed by atoms with van der Waals surface area (Å²) in [5, 5.41) is 3.67. The van der Waals surface area contributed by atoms with Gasteiger partial charge >= 0.3 is 0 Å². The van der Waals surface area contributed by atoms with Crippen molar-refractivity contribution >= 4 is 11.0 Å². The van der Waals surface area contributed by atoms with Crippen molar-refractivity contribution in [3.63, 3.8) is 0 Å². The molecule has 0 bridgehead atoms. The normalized spacial score (nSPS) is 20.5. The molecule has 1 heterocycles. The van der Waals surface area contributed by atoms with Crippen LogP contribution in [0.1, 0.15) is 30.9 Å². The van der Waals surface area contributed by atoms with Crippen LogP contribution in [0.4, 0.5) is 0 Å². The molecule has 0 fully saturated rings. The average molecular weight is 425 g/mol. The topological polar surface area (TPSA) is 50.8 Å². The van der Waals surface area contributed by atoms with Gasteiger partial charge in [-0.1, -0.05) is 36.4 Å². The highest BCUT2D eigenvalue weighted by Gasteiger charge is 2.32. The maximum atomic E-state index is 13.5. The Balaban J connectivity index is 1.71. The number of ether oxygens (including phenoxy) is 2. The maximum absolute atomic E-state index is 13.5. The molecule has 0 saturated carbocycles. The Labute approximate surface area is 181 Å². The van der Waals surface area contributed by atoms with Gasteiger partial charge in [0.2, 0.25) is 0 Å². The minimum Gasteiger partial charge on any atom is -0.457 e. The van der Waals surface area contributed by atoms with E-state index in [1.54, 1.807) is 7.11 Å². The van der Waals surface area contributed by atoms with Gasteiger partial charge in [-0.2, -0.15) is 0 Å². The zero-order valence-corrected chi connectivity index (χ0v) is 18.3. The number of rotatable bonds is 7. The summed E-state index contributed by atoms with van der Waals surface area (Å²) in [6.45, 7) is 1.53. The molecule has 2 unspecified atom stereocenters. The highest BCUT2D eigenvalue weighted by molar-refractivity contribution is 7.82. The SMILES string of the molecule is COCCCNC1C2=C(CCC=C2)N(C)S(=O)c2cc(Oc3ccccc3)ccc21. The lowest BCUT2D eigenvalue weighted by Gasteiger charge is -2.26. The van der Waals surface area contributed by atoms with Crippen LogP contribution in [-0.4, -0.2) is 35.8 Å². The van der Waals surface area contributed by atoms with E-state index in [4.69, 9.17) is 9.47 Å². The van der Waals surface area contributed by atoms with Gasteiger partial charge < -0.3 is 14.8 Å². The molecule has 0 aromatic heterocycles. The maximum Gasteiger partial charge on any atom is 0.152 e. The molecule has 2 aromatic carbocycles. The van der Waals surface area contributed by atoms with E-state index in [0.717, 1.165) is 47.7 Å². The van der Waals surface area contributed by atoms with Gasteiger partial charge in [-0.25, -0.2) is 4.21 Å². The van der Waals surface area contributed by atoms with Gasteiger partial charge in [0.15, 0.2) is 11.0 Å². The van der Waals surface area contributed by atoms with Crippen molar-refractivity contribution in [3.05, 3.63) is 77.5 Å². The van der Waals surface area contributed by atoms with Gasteiger partial charge in [0.05, 0.1) is 10.9 Å². The van der Waals surface area contributed by atoms with Crippen molar-refractivity contribution in [1.29, 1.82) is 0 Å². The molecule has 1 aliphatic carbocycles. The smallest absolute Gasteiger partial charge is 0.152 e. The minimum absolute atomic E-state index is 0.0110. The number of fused-ring (bicyclic) bond motifs is 1. The van der Waals surface area contributed by atoms with Gasteiger partial charge in [-0.15, -0.1) is 0 Å². The van der Waals surface area contributed by atoms with E-state index in [-0.39, 0.29) is 6.04 Å². The van der Waals surface area contributed by atoms with Crippen LogP contribution in [0.25, 0.3) is 0 Å². The molecule has 158 valence electrons. The standard InChI is InChI=1S/C24H28N2O3S/c1-26-22-12-7-6-11-20(22)24(25-15-8-16-28-2)21-14-13-19(17-23(21)30(26)27)29-18-9-4-3-5-10-18/h3-6,9-11,13-14,17,24-25H,7-8,12,15-16H2,1-2H3. The van der Waals surface area contributed by atoms with Crippen LogP contribution in [0.2, 0.25) is 0 Å². The van der Waals surface area contributed by atoms with E-state index < -0.39 is 11.0 Å². The average Bonchev–Trinajstić information content (AvgIpc) is 2.87. The zero-order valence-electron chi connectivity index (χ0n) is 17.5. The third-order valence-electron chi connectivity index (χ3n) is 5.46. The highest BCUT2D eigenvalue weighted by atomic mass is 32.2. The molecular formula is C24H28N2O3S. The van der Waals surface area contributed by atoms with Gasteiger partial charge in [-0.05, 0) is 61.2 Å². The first-order chi connectivity index (χ1) is 14.7. The van der Waals surface area contributed by atoms with Crippen LogP contribution in [0.15, 0.2) is 76.8 Å². The van der Waals surface area contributed by atoms with Crippen molar-refractivity contribution in [2.45, 2.75) is 30.2 Å². The lowest BCUT2D eigenvalue weighted by molar-refractivity contribution is 0.193. The fourth-order valence-corrected chi connectivity index (χ4v) is 5.26. The van der Waals surface area contributed by atoms with Crippen molar-refractivity contribution < 1.29 is 13.7 Å². The fraction of sp³-hybridized carbons (Fsp3) is 0.333. The highest BCUT2D eigenvalue weighted by Crippen LogP contribution is 2.40. The zero-order chi connectivity index (χ0) is 20.9. The Morgan fingerprint density at radius 3 is 2.80 bits per heavy atom. The van der Waals surface area contributed by atoms with Crippen LogP contribution in [0, 0.1) is 0 Å². The van der Waals surface area contributed by atoms with E-state index in [0.29, 0.717) is 12.4 Å². The number of allylic oxidation sites excluding steroid dienone is 2. The van der Waals surface area contributed by atoms with Gasteiger partial charge in [0, 0.05) is 26.5 Å². The monoisotopic (exact) mass is 424 g/mol. The molecule has 4 rings (SSSR count). The van der Waals surface area contributed by atoms with Crippen molar-refractivity contribution in [3.8, 4) is 11.5 Å².